The van der Waals surface area contributed by atoms with Gasteiger partial charge in [0.15, 0.2) is 0 Å². The molecule has 1 saturated heterocycles. The van der Waals surface area contributed by atoms with Crippen molar-refractivity contribution in [2.24, 2.45) is 0 Å². The highest BCUT2D eigenvalue weighted by Gasteiger charge is 2.22. The van der Waals surface area contributed by atoms with Crippen molar-refractivity contribution in [3.63, 3.8) is 0 Å². The van der Waals surface area contributed by atoms with Gasteiger partial charge in [-0.25, -0.2) is 0 Å². The molecule has 0 unspecified atom stereocenters. The van der Waals surface area contributed by atoms with E-state index in [0.717, 1.165) is 25.9 Å². The van der Waals surface area contributed by atoms with Crippen molar-refractivity contribution in [1.82, 2.24) is 5.32 Å². The summed E-state index contributed by atoms with van der Waals surface area (Å²) in [6.45, 7) is 3.49. The topological polar surface area (TPSA) is 38.3 Å². The molecular weight excluding hydrogens is 222 g/mol. The van der Waals surface area contributed by atoms with Gasteiger partial charge in [0.2, 0.25) is 5.91 Å². The van der Waals surface area contributed by atoms with Gasteiger partial charge in [0.1, 0.15) is 6.10 Å². The van der Waals surface area contributed by atoms with E-state index in [2.05, 4.69) is 24.4 Å². The minimum Gasteiger partial charge on any atom is -0.368 e. The van der Waals surface area contributed by atoms with E-state index in [-0.39, 0.29) is 12.0 Å². The summed E-state index contributed by atoms with van der Waals surface area (Å²) in [5, 5.41) is 2.92. The number of thiophene rings is 1. The van der Waals surface area contributed by atoms with Crippen LogP contribution < -0.4 is 5.32 Å². The summed E-state index contributed by atoms with van der Waals surface area (Å²) in [5.41, 5.74) is 0. The Kier molecular flexibility index (Phi) is 3.96. The van der Waals surface area contributed by atoms with E-state index in [1.807, 2.05) is 0 Å². The number of nitrogens with one attached hydrogen (secondary N) is 1. The van der Waals surface area contributed by atoms with Gasteiger partial charge in [-0.3, -0.25) is 4.79 Å². The van der Waals surface area contributed by atoms with Crippen LogP contribution in [-0.4, -0.2) is 18.6 Å². The summed E-state index contributed by atoms with van der Waals surface area (Å²) < 4.78 is 5.32. The SMILES string of the molecule is CCc1ccc(CNC(=O)[C@H]2CCCO2)s1. The molecule has 1 atom stereocenters. The Morgan fingerprint density at radius 3 is 3.00 bits per heavy atom. The summed E-state index contributed by atoms with van der Waals surface area (Å²) >= 11 is 1.76. The summed E-state index contributed by atoms with van der Waals surface area (Å²) in [6.07, 6.45) is 2.70. The van der Waals surface area contributed by atoms with Crippen LogP contribution in [0.4, 0.5) is 0 Å². The van der Waals surface area contributed by atoms with Gasteiger partial charge < -0.3 is 10.1 Å². The van der Waals surface area contributed by atoms with E-state index in [4.69, 9.17) is 4.74 Å². The first kappa shape index (κ1) is 11.6. The molecule has 1 amide bonds. The quantitative estimate of drug-likeness (QED) is 0.874. The molecular formula is C12H17NO2S. The number of carbonyl (C=O) groups is 1. The first-order valence-corrected chi connectivity index (χ1v) is 6.58. The lowest BCUT2D eigenvalue weighted by atomic mass is 10.2. The maximum atomic E-state index is 11.7. The maximum Gasteiger partial charge on any atom is 0.249 e. The van der Waals surface area contributed by atoms with Gasteiger partial charge >= 0.3 is 0 Å². The Labute approximate surface area is 99.8 Å². The standard InChI is InChI=1S/C12H17NO2S/c1-2-9-5-6-10(16-9)8-13-12(14)11-4-3-7-15-11/h5-6,11H,2-4,7-8H2,1H3,(H,13,14)/t11-/m1/s1. The molecule has 0 saturated carbocycles. The van der Waals surface area contributed by atoms with Crippen molar-refractivity contribution < 1.29 is 9.53 Å². The zero-order valence-corrected chi connectivity index (χ0v) is 10.3. The normalized spacial score (nSPS) is 19.9. The molecule has 1 aromatic heterocycles. The third kappa shape index (κ3) is 2.83. The minimum atomic E-state index is -0.217. The second-order valence-corrected chi connectivity index (χ2v) is 5.19. The van der Waals surface area contributed by atoms with Gasteiger partial charge in [-0.15, -0.1) is 11.3 Å². The van der Waals surface area contributed by atoms with E-state index >= 15 is 0 Å². The molecule has 3 nitrogen and oxygen atoms in total. The molecule has 0 bridgehead atoms. The van der Waals surface area contributed by atoms with E-state index in [9.17, 15) is 4.79 Å². The number of carbonyl (C=O) groups excluding carboxylic acids is 1. The number of amides is 1. The van der Waals surface area contributed by atoms with Crippen molar-refractivity contribution in [2.75, 3.05) is 6.61 Å². The first-order chi connectivity index (χ1) is 7.79. The molecule has 1 aliphatic heterocycles. The molecule has 0 aliphatic carbocycles. The fourth-order valence-electron chi connectivity index (χ4n) is 1.78. The van der Waals surface area contributed by atoms with Crippen molar-refractivity contribution >= 4 is 17.2 Å². The number of rotatable bonds is 4. The lowest BCUT2D eigenvalue weighted by Crippen LogP contribution is -2.33. The average Bonchev–Trinajstić information content (AvgIpc) is 2.96. The average molecular weight is 239 g/mol. The Balaban J connectivity index is 1.80. The Morgan fingerprint density at radius 2 is 2.38 bits per heavy atom. The van der Waals surface area contributed by atoms with Crippen molar-refractivity contribution in [3.8, 4) is 0 Å². The van der Waals surface area contributed by atoms with E-state index in [1.165, 1.54) is 9.75 Å². The molecule has 2 heterocycles. The first-order valence-electron chi connectivity index (χ1n) is 5.76. The minimum absolute atomic E-state index is 0.0314. The highest BCUT2D eigenvalue weighted by Crippen LogP contribution is 2.17. The van der Waals surface area contributed by atoms with Gasteiger partial charge in [0.05, 0.1) is 6.54 Å². The highest BCUT2D eigenvalue weighted by molar-refractivity contribution is 7.11. The van der Waals surface area contributed by atoms with Crippen LogP contribution in [0, 0.1) is 0 Å². The molecule has 16 heavy (non-hydrogen) atoms. The molecule has 1 fully saturated rings. The van der Waals surface area contributed by atoms with Gasteiger partial charge in [-0.1, -0.05) is 6.92 Å². The number of hydrogen-bond acceptors (Lipinski definition) is 3. The summed E-state index contributed by atoms with van der Waals surface area (Å²) in [4.78, 5) is 14.2. The lowest BCUT2D eigenvalue weighted by Gasteiger charge is -2.09. The summed E-state index contributed by atoms with van der Waals surface area (Å²) in [7, 11) is 0. The van der Waals surface area contributed by atoms with Crippen molar-refractivity contribution in [3.05, 3.63) is 21.9 Å². The van der Waals surface area contributed by atoms with Gasteiger partial charge in [0.25, 0.3) is 0 Å². The fraction of sp³-hybridized carbons (Fsp3) is 0.583. The van der Waals surface area contributed by atoms with Crippen LogP contribution in [0.2, 0.25) is 0 Å². The smallest absolute Gasteiger partial charge is 0.249 e. The third-order valence-corrected chi connectivity index (χ3v) is 3.95. The van der Waals surface area contributed by atoms with Crippen molar-refractivity contribution in [2.45, 2.75) is 38.8 Å². The van der Waals surface area contributed by atoms with Crippen molar-refractivity contribution in [1.29, 1.82) is 0 Å². The number of hydrogen-bond donors (Lipinski definition) is 1. The predicted molar refractivity (Wildman–Crippen MR) is 64.5 cm³/mol. The summed E-state index contributed by atoms with van der Waals surface area (Å²) in [6, 6.07) is 4.21. The molecule has 0 spiro atoms. The fourth-order valence-corrected chi connectivity index (χ4v) is 2.68. The van der Waals surface area contributed by atoms with Crippen LogP contribution in [0.15, 0.2) is 12.1 Å². The van der Waals surface area contributed by atoms with E-state index in [1.54, 1.807) is 11.3 Å². The van der Waals surface area contributed by atoms with Gasteiger partial charge in [-0.05, 0) is 31.4 Å². The molecule has 0 aromatic carbocycles. The Morgan fingerprint density at radius 1 is 1.56 bits per heavy atom. The van der Waals surface area contributed by atoms with Crippen LogP contribution in [0.25, 0.3) is 0 Å². The molecule has 0 radical (unpaired) electrons. The molecule has 88 valence electrons. The second-order valence-electron chi connectivity index (χ2n) is 3.94. The van der Waals surface area contributed by atoms with Gasteiger partial charge in [0, 0.05) is 16.4 Å². The van der Waals surface area contributed by atoms with Gasteiger partial charge in [-0.2, -0.15) is 0 Å². The molecule has 2 rings (SSSR count). The number of aryl methyl sites for hydroxylation is 1. The molecule has 1 aliphatic rings. The molecule has 1 N–H and O–H groups in total. The third-order valence-electron chi connectivity index (χ3n) is 2.72. The van der Waals surface area contributed by atoms with E-state index in [0.29, 0.717) is 6.54 Å². The summed E-state index contributed by atoms with van der Waals surface area (Å²) in [5.74, 6) is 0.0314. The monoisotopic (exact) mass is 239 g/mol. The number of ether oxygens (including phenoxy) is 1. The Hall–Kier alpha value is -0.870. The molecule has 1 aromatic rings. The maximum absolute atomic E-state index is 11.7. The largest absolute Gasteiger partial charge is 0.368 e. The van der Waals surface area contributed by atoms with Crippen LogP contribution in [0.3, 0.4) is 0 Å². The predicted octanol–water partition coefficient (Wildman–Crippen LogP) is 2.11. The highest BCUT2D eigenvalue weighted by atomic mass is 32.1. The Bertz CT molecular complexity index is 356. The second kappa shape index (κ2) is 5.46. The molecule has 4 heteroatoms. The zero-order chi connectivity index (χ0) is 11.4. The van der Waals surface area contributed by atoms with E-state index < -0.39 is 0 Å². The van der Waals surface area contributed by atoms with Crippen LogP contribution in [-0.2, 0) is 22.5 Å². The van der Waals surface area contributed by atoms with Crippen LogP contribution >= 0.6 is 11.3 Å². The zero-order valence-electron chi connectivity index (χ0n) is 9.49. The van der Waals surface area contributed by atoms with Crippen LogP contribution in [0.5, 0.6) is 0 Å². The van der Waals surface area contributed by atoms with Crippen LogP contribution in [0.1, 0.15) is 29.5 Å². The lowest BCUT2D eigenvalue weighted by molar-refractivity contribution is -0.130.